The predicted molar refractivity (Wildman–Crippen MR) is 120 cm³/mol. The van der Waals surface area contributed by atoms with E-state index < -0.39 is 5.97 Å². The van der Waals surface area contributed by atoms with Gasteiger partial charge in [-0.1, -0.05) is 59.3 Å². The first-order valence-electron chi connectivity index (χ1n) is 8.53. The molecule has 0 aliphatic carbocycles. The molecule has 1 fully saturated rings. The van der Waals surface area contributed by atoms with Gasteiger partial charge in [-0.15, -0.1) is 0 Å². The molecule has 3 rings (SSSR count). The van der Waals surface area contributed by atoms with Gasteiger partial charge in [0.15, 0.2) is 0 Å². The summed E-state index contributed by atoms with van der Waals surface area (Å²) in [5, 5.41) is 9.68. The zero-order valence-corrected chi connectivity index (χ0v) is 18.1. The molecule has 1 aliphatic heterocycles. The lowest BCUT2D eigenvalue weighted by molar-refractivity contribution is -0.137. The van der Waals surface area contributed by atoms with Gasteiger partial charge in [-0.05, 0) is 48.4 Å². The number of aliphatic carboxylic acids is 1. The highest BCUT2D eigenvalue weighted by molar-refractivity contribution is 8.26. The summed E-state index contributed by atoms with van der Waals surface area (Å²) in [4.78, 5) is 25.2. The molecule has 2 aromatic carbocycles. The number of nitrogens with zero attached hydrogens (tertiary/aromatic N) is 1. The molecule has 0 atom stereocenters. The van der Waals surface area contributed by atoms with Crippen LogP contribution >= 0.6 is 47.2 Å². The lowest BCUT2D eigenvalue weighted by Crippen LogP contribution is -2.29. The first-order valence-corrected chi connectivity index (χ1v) is 10.5. The number of carboxylic acids is 1. The van der Waals surface area contributed by atoms with Crippen LogP contribution < -0.4 is 4.74 Å². The van der Waals surface area contributed by atoms with E-state index in [1.165, 1.54) is 16.7 Å². The molecule has 0 radical (unpaired) electrons. The fourth-order valence-electron chi connectivity index (χ4n) is 2.62. The van der Waals surface area contributed by atoms with Crippen LogP contribution in [0.1, 0.15) is 18.4 Å². The van der Waals surface area contributed by atoms with Crippen LogP contribution in [-0.2, 0) is 9.59 Å². The summed E-state index contributed by atoms with van der Waals surface area (Å²) in [6.45, 7) is 0.285. The number of thiocarbonyl (C=S) groups is 1. The van der Waals surface area contributed by atoms with Crippen LogP contribution in [0.2, 0.25) is 10.0 Å². The number of amides is 1. The largest absolute Gasteiger partial charge is 0.481 e. The van der Waals surface area contributed by atoms with Crippen molar-refractivity contribution in [1.29, 1.82) is 0 Å². The molecule has 1 amide bonds. The molecule has 0 aromatic heterocycles. The number of halogens is 2. The van der Waals surface area contributed by atoms with Crippen molar-refractivity contribution in [2.45, 2.75) is 12.8 Å². The van der Waals surface area contributed by atoms with Crippen LogP contribution in [0.3, 0.4) is 0 Å². The number of benzene rings is 2. The van der Waals surface area contributed by atoms with Gasteiger partial charge in [0, 0.05) is 23.0 Å². The van der Waals surface area contributed by atoms with Crippen molar-refractivity contribution >= 4 is 69.5 Å². The quantitative estimate of drug-likeness (QED) is 0.406. The Bertz CT molecular complexity index is 989. The lowest BCUT2D eigenvalue weighted by atomic mass is 10.2. The van der Waals surface area contributed by atoms with Gasteiger partial charge in [-0.25, -0.2) is 0 Å². The Labute approximate surface area is 187 Å². The first-order chi connectivity index (χ1) is 13.8. The van der Waals surface area contributed by atoms with Gasteiger partial charge in [0.2, 0.25) is 0 Å². The number of thioether (sulfide) groups is 1. The molecule has 150 valence electrons. The molecular formula is C20H15Cl2NO4S2. The molecule has 1 N–H and O–H groups in total. The van der Waals surface area contributed by atoms with Crippen molar-refractivity contribution in [3.05, 3.63) is 63.0 Å². The van der Waals surface area contributed by atoms with Gasteiger partial charge in [-0.2, -0.15) is 0 Å². The monoisotopic (exact) mass is 467 g/mol. The number of carbonyl (C=O) groups excluding carboxylic acids is 1. The second-order valence-corrected chi connectivity index (χ2v) is 8.66. The van der Waals surface area contributed by atoms with E-state index >= 15 is 0 Å². The lowest BCUT2D eigenvalue weighted by Gasteiger charge is -2.13. The van der Waals surface area contributed by atoms with Gasteiger partial charge in [0.05, 0.1) is 4.91 Å². The van der Waals surface area contributed by atoms with E-state index in [0.717, 1.165) is 5.56 Å². The van der Waals surface area contributed by atoms with E-state index in [4.69, 9.17) is 45.3 Å². The maximum Gasteiger partial charge on any atom is 0.303 e. The maximum atomic E-state index is 12.6. The Kier molecular flexibility index (Phi) is 7.18. The summed E-state index contributed by atoms with van der Waals surface area (Å²) in [6, 6.07) is 12.1. The van der Waals surface area contributed by atoms with Crippen molar-refractivity contribution in [2.24, 2.45) is 0 Å². The number of rotatable bonds is 7. The van der Waals surface area contributed by atoms with Crippen molar-refractivity contribution in [2.75, 3.05) is 6.54 Å². The first kappa shape index (κ1) is 21.6. The van der Waals surface area contributed by atoms with E-state index in [1.807, 2.05) is 6.07 Å². The van der Waals surface area contributed by atoms with Gasteiger partial charge in [0.1, 0.15) is 15.8 Å². The topological polar surface area (TPSA) is 66.8 Å². The zero-order valence-electron chi connectivity index (χ0n) is 14.9. The summed E-state index contributed by atoms with van der Waals surface area (Å²) >= 11 is 18.4. The molecular weight excluding hydrogens is 453 g/mol. The molecule has 0 saturated carbocycles. The fraction of sp³-hybridized carbons (Fsp3) is 0.150. The predicted octanol–water partition coefficient (Wildman–Crippen LogP) is 5.85. The zero-order chi connectivity index (χ0) is 21.0. The molecule has 5 nitrogen and oxygen atoms in total. The number of hydrogen-bond acceptors (Lipinski definition) is 5. The Morgan fingerprint density at radius 2 is 1.90 bits per heavy atom. The molecule has 1 saturated heterocycles. The molecule has 29 heavy (non-hydrogen) atoms. The van der Waals surface area contributed by atoms with Crippen molar-refractivity contribution in [1.82, 2.24) is 4.90 Å². The summed E-state index contributed by atoms with van der Waals surface area (Å²) in [5.74, 6) is -0.0550. The second kappa shape index (κ2) is 9.63. The average Bonchev–Trinajstić information content (AvgIpc) is 2.88. The standard InChI is InChI=1S/C20H15Cl2NO4S2/c21-13-9-14(22)11-16(10-13)27-15-4-1-3-12(7-15)8-17-19(26)23(20(28)29-17)6-2-5-18(24)25/h1,3-4,7-11H,2,5-6H2,(H,24,25). The average molecular weight is 468 g/mol. The summed E-state index contributed by atoms with van der Waals surface area (Å²) in [5.41, 5.74) is 0.765. The number of hydrogen-bond donors (Lipinski definition) is 1. The third-order valence-electron chi connectivity index (χ3n) is 3.87. The molecule has 0 unspecified atom stereocenters. The molecule has 0 bridgehead atoms. The number of carbonyl (C=O) groups is 2. The smallest absolute Gasteiger partial charge is 0.303 e. The highest BCUT2D eigenvalue weighted by atomic mass is 35.5. The highest BCUT2D eigenvalue weighted by Gasteiger charge is 2.31. The third kappa shape index (κ3) is 5.96. The van der Waals surface area contributed by atoms with E-state index in [2.05, 4.69) is 0 Å². The summed E-state index contributed by atoms with van der Waals surface area (Å²) in [6.07, 6.45) is 2.07. The van der Waals surface area contributed by atoms with Crippen LogP contribution in [0, 0.1) is 0 Å². The minimum absolute atomic E-state index is 0.0109. The van der Waals surface area contributed by atoms with Gasteiger partial charge in [-0.3, -0.25) is 14.5 Å². The van der Waals surface area contributed by atoms with E-state index in [9.17, 15) is 9.59 Å². The normalized spacial score (nSPS) is 15.2. The molecule has 1 heterocycles. The number of carboxylic acid groups (broad SMARTS) is 1. The molecule has 9 heteroatoms. The Morgan fingerprint density at radius 1 is 1.17 bits per heavy atom. The molecule has 0 spiro atoms. The summed E-state index contributed by atoms with van der Waals surface area (Å²) < 4.78 is 6.23. The molecule has 1 aliphatic rings. The van der Waals surface area contributed by atoms with E-state index in [1.54, 1.807) is 42.5 Å². The number of ether oxygens (including phenoxy) is 1. The second-order valence-electron chi connectivity index (χ2n) is 6.11. The molecule has 2 aromatic rings. The minimum Gasteiger partial charge on any atom is -0.481 e. The Balaban J connectivity index is 1.73. The van der Waals surface area contributed by atoms with Crippen molar-refractivity contribution < 1.29 is 19.4 Å². The summed E-state index contributed by atoms with van der Waals surface area (Å²) in [7, 11) is 0. The van der Waals surface area contributed by atoms with Gasteiger partial charge >= 0.3 is 5.97 Å². The highest BCUT2D eigenvalue weighted by Crippen LogP contribution is 2.34. The van der Waals surface area contributed by atoms with Crippen LogP contribution in [0.5, 0.6) is 11.5 Å². The van der Waals surface area contributed by atoms with Crippen LogP contribution in [0.4, 0.5) is 0 Å². The van der Waals surface area contributed by atoms with Crippen LogP contribution in [0.25, 0.3) is 6.08 Å². The van der Waals surface area contributed by atoms with Gasteiger partial charge < -0.3 is 9.84 Å². The van der Waals surface area contributed by atoms with Gasteiger partial charge in [0.25, 0.3) is 5.91 Å². The Hall–Kier alpha value is -2.06. The van der Waals surface area contributed by atoms with E-state index in [-0.39, 0.29) is 18.9 Å². The van der Waals surface area contributed by atoms with Crippen LogP contribution in [0.15, 0.2) is 47.4 Å². The van der Waals surface area contributed by atoms with Crippen molar-refractivity contribution in [3.63, 3.8) is 0 Å². The minimum atomic E-state index is -0.899. The third-order valence-corrected chi connectivity index (χ3v) is 5.69. The SMILES string of the molecule is O=C(O)CCCN1C(=O)C(=Cc2cccc(Oc3cc(Cl)cc(Cl)c3)c2)SC1=S. The van der Waals surface area contributed by atoms with Crippen LogP contribution in [-0.4, -0.2) is 32.7 Å². The van der Waals surface area contributed by atoms with E-state index in [0.29, 0.717) is 37.2 Å². The van der Waals surface area contributed by atoms with Crippen molar-refractivity contribution in [3.8, 4) is 11.5 Å². The Morgan fingerprint density at radius 3 is 2.59 bits per heavy atom. The fourth-order valence-corrected chi connectivity index (χ4v) is 4.44. The maximum absolute atomic E-state index is 12.6.